The molecule has 0 aliphatic heterocycles. The fourth-order valence-corrected chi connectivity index (χ4v) is 0.506. The summed E-state index contributed by atoms with van der Waals surface area (Å²) in [6.07, 6.45) is -0.409. The van der Waals surface area contributed by atoms with E-state index >= 15 is 0 Å². The lowest BCUT2D eigenvalue weighted by atomic mass is 10.1. The van der Waals surface area contributed by atoms with E-state index in [-0.39, 0.29) is 12.2 Å². The smallest absolute Gasteiger partial charge is 0.414 e. The number of carbonyl (C=O) groups excluding carboxylic acids is 2. The summed E-state index contributed by atoms with van der Waals surface area (Å²) >= 11 is 0. The molecule has 4 nitrogen and oxygen atoms in total. The van der Waals surface area contributed by atoms with Gasteiger partial charge >= 0.3 is 6.09 Å². The van der Waals surface area contributed by atoms with Crippen LogP contribution in [0.25, 0.3) is 0 Å². The first-order chi connectivity index (χ1) is 5.35. The molecule has 0 rings (SSSR count). The first kappa shape index (κ1) is 11.0. The summed E-state index contributed by atoms with van der Waals surface area (Å²) in [5, 5.41) is 2.09. The molecule has 0 unspecified atom stereocenters. The van der Waals surface area contributed by atoms with Gasteiger partial charge in [0.15, 0.2) is 0 Å². The largest absolute Gasteiger partial charge is 0.444 e. The van der Waals surface area contributed by atoms with Crippen LogP contribution in [0.4, 0.5) is 4.79 Å². The van der Waals surface area contributed by atoms with E-state index in [0.717, 1.165) is 0 Å². The van der Waals surface area contributed by atoms with Crippen LogP contribution in [0, 0.1) is 0 Å². The Morgan fingerprint density at radius 2 is 1.92 bits per heavy atom. The molecule has 12 heavy (non-hydrogen) atoms. The van der Waals surface area contributed by atoms with Crippen LogP contribution >= 0.6 is 0 Å². The minimum absolute atomic E-state index is 0.277. The van der Waals surface area contributed by atoms with Crippen LogP contribution in [-0.4, -0.2) is 25.4 Å². The molecule has 0 saturated heterocycles. The maximum atomic E-state index is 10.9. The second-order valence-corrected chi connectivity index (χ2v) is 3.40. The fraction of sp³-hybridized carbons (Fsp3) is 0.714. The Labute approximate surface area is 73.1 Å². The van der Waals surface area contributed by atoms with E-state index in [1.54, 1.807) is 28.6 Å². The molecule has 0 aliphatic rings. The van der Waals surface area contributed by atoms with Crippen molar-refractivity contribution in [2.24, 2.45) is 0 Å². The van der Waals surface area contributed by atoms with Crippen LogP contribution in [-0.2, 0) is 9.53 Å². The van der Waals surface area contributed by atoms with Gasteiger partial charge in [-0.3, -0.25) is 10.1 Å². The monoisotopic (exact) mass is 171 g/mol. The van der Waals surface area contributed by atoms with E-state index in [0.29, 0.717) is 0 Å². The molecule has 0 atom stereocenters. The first-order valence-corrected chi connectivity index (χ1v) is 3.88. The molecule has 0 radical (unpaired) electrons. The van der Waals surface area contributed by atoms with Crippen molar-refractivity contribution in [2.45, 2.75) is 32.7 Å². The number of amides is 2. The molecular weight excluding hydrogens is 157 g/mol. The number of carbonyl (C=O) groups is 2. The standard InChI is InChI=1S/C7H14BNO3/c1-7(2,3)12-6(11)9-5(10)4-8/h4,8H2,1-3H3,(H,9,10,11). The van der Waals surface area contributed by atoms with Crippen molar-refractivity contribution in [1.29, 1.82) is 0 Å². The minimum atomic E-state index is -0.686. The predicted octanol–water partition coefficient (Wildman–Crippen LogP) is 0.0891. The topological polar surface area (TPSA) is 55.4 Å². The number of hydrogen-bond donors (Lipinski definition) is 1. The molecule has 0 fully saturated rings. The zero-order chi connectivity index (χ0) is 9.78. The van der Waals surface area contributed by atoms with E-state index in [2.05, 4.69) is 5.32 Å². The van der Waals surface area contributed by atoms with Gasteiger partial charge < -0.3 is 4.74 Å². The normalized spacial score (nSPS) is 10.6. The van der Waals surface area contributed by atoms with Gasteiger partial charge in [-0.15, -0.1) is 0 Å². The lowest BCUT2D eigenvalue weighted by molar-refractivity contribution is -0.118. The zero-order valence-electron chi connectivity index (χ0n) is 7.93. The van der Waals surface area contributed by atoms with Crippen molar-refractivity contribution in [2.75, 3.05) is 0 Å². The third-order valence-electron chi connectivity index (χ3n) is 0.961. The molecule has 0 aliphatic carbocycles. The quantitative estimate of drug-likeness (QED) is 0.568. The number of nitrogens with one attached hydrogen (secondary N) is 1. The molecule has 0 heterocycles. The molecule has 0 aromatic rings. The second-order valence-electron chi connectivity index (χ2n) is 3.40. The number of ether oxygens (including phenoxy) is 1. The second kappa shape index (κ2) is 4.14. The summed E-state index contributed by atoms with van der Waals surface area (Å²) in [5.41, 5.74) is -0.557. The van der Waals surface area contributed by atoms with Crippen LogP contribution in [0.2, 0.25) is 6.32 Å². The van der Waals surface area contributed by atoms with Crippen LogP contribution in [0.15, 0.2) is 0 Å². The highest BCUT2D eigenvalue weighted by molar-refractivity contribution is 6.21. The summed E-state index contributed by atoms with van der Waals surface area (Å²) in [6.45, 7) is 5.22. The van der Waals surface area contributed by atoms with Gasteiger partial charge in [0.2, 0.25) is 5.91 Å². The Kier molecular flexibility index (Phi) is 3.79. The van der Waals surface area contributed by atoms with E-state index < -0.39 is 11.7 Å². The Morgan fingerprint density at radius 1 is 1.42 bits per heavy atom. The van der Waals surface area contributed by atoms with Gasteiger partial charge in [-0.05, 0) is 27.1 Å². The van der Waals surface area contributed by atoms with Gasteiger partial charge in [0, 0.05) is 0 Å². The molecule has 2 amide bonds. The number of rotatable bonds is 1. The van der Waals surface area contributed by atoms with Crippen molar-refractivity contribution >= 4 is 19.8 Å². The fourth-order valence-electron chi connectivity index (χ4n) is 0.506. The molecule has 0 spiro atoms. The van der Waals surface area contributed by atoms with Crippen molar-refractivity contribution in [3.8, 4) is 0 Å². The van der Waals surface area contributed by atoms with E-state index in [1.807, 2.05) is 0 Å². The average molecular weight is 171 g/mol. The van der Waals surface area contributed by atoms with Crippen molar-refractivity contribution < 1.29 is 14.3 Å². The van der Waals surface area contributed by atoms with Gasteiger partial charge in [0.1, 0.15) is 13.4 Å². The number of alkyl carbamates (subject to hydrolysis) is 1. The Morgan fingerprint density at radius 3 is 2.25 bits per heavy atom. The van der Waals surface area contributed by atoms with Gasteiger partial charge in [-0.1, -0.05) is 0 Å². The summed E-state index contributed by atoms with van der Waals surface area (Å²) in [4.78, 5) is 21.6. The van der Waals surface area contributed by atoms with E-state index in [1.165, 1.54) is 0 Å². The summed E-state index contributed by atoms with van der Waals surface area (Å²) in [7, 11) is 1.67. The molecule has 0 aromatic heterocycles. The highest BCUT2D eigenvalue weighted by atomic mass is 16.6. The maximum Gasteiger partial charge on any atom is 0.414 e. The lowest BCUT2D eigenvalue weighted by Gasteiger charge is -2.18. The van der Waals surface area contributed by atoms with Crippen molar-refractivity contribution in [3.63, 3.8) is 0 Å². The summed E-state index contributed by atoms with van der Waals surface area (Å²) in [5.74, 6) is -0.329. The molecule has 0 saturated carbocycles. The summed E-state index contributed by atoms with van der Waals surface area (Å²) < 4.78 is 4.84. The SMILES string of the molecule is BCC(=O)NC(=O)OC(C)(C)C. The molecule has 1 N–H and O–H groups in total. The zero-order valence-corrected chi connectivity index (χ0v) is 7.93. The third-order valence-corrected chi connectivity index (χ3v) is 0.961. The van der Waals surface area contributed by atoms with Crippen molar-refractivity contribution in [3.05, 3.63) is 0 Å². The van der Waals surface area contributed by atoms with Crippen molar-refractivity contribution in [1.82, 2.24) is 5.32 Å². The highest BCUT2D eigenvalue weighted by Crippen LogP contribution is 2.06. The van der Waals surface area contributed by atoms with Gasteiger partial charge in [0.25, 0.3) is 0 Å². The molecule has 0 aromatic carbocycles. The Hall–Kier alpha value is -0.995. The van der Waals surface area contributed by atoms with Gasteiger partial charge in [-0.25, -0.2) is 4.79 Å². The molecule has 0 bridgehead atoms. The van der Waals surface area contributed by atoms with Gasteiger partial charge in [-0.2, -0.15) is 0 Å². The van der Waals surface area contributed by atoms with Crippen LogP contribution in [0.3, 0.4) is 0 Å². The van der Waals surface area contributed by atoms with E-state index in [9.17, 15) is 9.59 Å². The van der Waals surface area contributed by atoms with E-state index in [4.69, 9.17) is 4.74 Å². The highest BCUT2D eigenvalue weighted by Gasteiger charge is 2.16. The van der Waals surface area contributed by atoms with Gasteiger partial charge in [0.05, 0.1) is 0 Å². The number of hydrogen-bond acceptors (Lipinski definition) is 3. The maximum absolute atomic E-state index is 10.9. The Balaban J connectivity index is 3.83. The van der Waals surface area contributed by atoms with Crippen LogP contribution < -0.4 is 5.32 Å². The Bertz CT molecular complexity index is 186. The molecule has 5 heteroatoms. The summed E-state index contributed by atoms with van der Waals surface area (Å²) in [6, 6.07) is 0. The average Bonchev–Trinajstić information content (AvgIpc) is 1.82. The minimum Gasteiger partial charge on any atom is -0.444 e. The lowest BCUT2D eigenvalue weighted by Crippen LogP contribution is -2.35. The number of imide groups is 1. The third kappa shape index (κ3) is 5.76. The molecule has 68 valence electrons. The van der Waals surface area contributed by atoms with Crippen LogP contribution in [0.1, 0.15) is 20.8 Å². The van der Waals surface area contributed by atoms with Crippen LogP contribution in [0.5, 0.6) is 0 Å². The first-order valence-electron chi connectivity index (χ1n) is 3.88. The predicted molar refractivity (Wildman–Crippen MR) is 47.7 cm³/mol. The molecular formula is C7H14BNO3.